The van der Waals surface area contributed by atoms with Crippen molar-refractivity contribution < 1.29 is 13.7 Å². The lowest BCUT2D eigenvalue weighted by molar-refractivity contribution is 0.0716. The van der Waals surface area contributed by atoms with Crippen LogP contribution in [0.4, 0.5) is 4.39 Å². The summed E-state index contributed by atoms with van der Waals surface area (Å²) in [6, 6.07) is 3.09. The highest BCUT2D eigenvalue weighted by Crippen LogP contribution is 2.29. The molecule has 1 amide bonds. The summed E-state index contributed by atoms with van der Waals surface area (Å²) in [6.45, 7) is 2.33. The Balaban J connectivity index is 1.89. The number of amides is 1. The van der Waals surface area contributed by atoms with Crippen molar-refractivity contribution in [2.75, 3.05) is 6.54 Å². The Morgan fingerprint density at radius 3 is 2.95 bits per heavy atom. The lowest BCUT2D eigenvalue weighted by Crippen LogP contribution is -2.37. The van der Waals surface area contributed by atoms with Crippen molar-refractivity contribution in [2.24, 2.45) is 0 Å². The fourth-order valence-electron chi connectivity index (χ4n) is 2.29. The van der Waals surface area contributed by atoms with Gasteiger partial charge in [-0.1, -0.05) is 21.1 Å². The number of fused-ring (bicyclic) bond motifs is 1. The topological polar surface area (TPSA) is 59.2 Å². The van der Waals surface area contributed by atoms with E-state index in [1.54, 1.807) is 13.0 Å². The number of hydrogen-bond acceptors (Lipinski definition) is 4. The molecule has 2 heterocycles. The van der Waals surface area contributed by atoms with Crippen molar-refractivity contribution in [3.63, 3.8) is 0 Å². The van der Waals surface area contributed by atoms with Crippen LogP contribution in [0.1, 0.15) is 27.6 Å². The number of aromatic nitrogens is 2. The first-order valence-corrected chi connectivity index (χ1v) is 6.91. The van der Waals surface area contributed by atoms with Crippen molar-refractivity contribution >= 4 is 21.8 Å². The first-order valence-electron chi connectivity index (χ1n) is 6.11. The summed E-state index contributed by atoms with van der Waals surface area (Å²) in [6.07, 6.45) is 0.594. The zero-order valence-electron chi connectivity index (χ0n) is 10.7. The van der Waals surface area contributed by atoms with E-state index in [1.165, 1.54) is 11.0 Å². The van der Waals surface area contributed by atoms with E-state index in [1.807, 2.05) is 0 Å². The van der Waals surface area contributed by atoms with Gasteiger partial charge in [0.15, 0.2) is 0 Å². The molecule has 0 spiro atoms. The Bertz CT molecular complexity index is 686. The molecule has 20 heavy (non-hydrogen) atoms. The van der Waals surface area contributed by atoms with Crippen LogP contribution in [-0.2, 0) is 13.0 Å². The molecule has 1 aliphatic rings. The maximum Gasteiger partial charge on any atom is 0.295 e. The number of benzene rings is 1. The molecular formula is C13H11BrFN3O2. The molecule has 1 aromatic carbocycles. The average Bonchev–Trinajstić information content (AvgIpc) is 2.88. The van der Waals surface area contributed by atoms with Crippen molar-refractivity contribution in [3.8, 4) is 0 Å². The van der Waals surface area contributed by atoms with E-state index in [0.717, 1.165) is 10.0 Å². The minimum absolute atomic E-state index is 0.0151. The van der Waals surface area contributed by atoms with Crippen LogP contribution in [0.5, 0.6) is 0 Å². The molecule has 0 bridgehead atoms. The minimum Gasteiger partial charge on any atom is -0.339 e. The summed E-state index contributed by atoms with van der Waals surface area (Å²) in [7, 11) is 0. The van der Waals surface area contributed by atoms with Gasteiger partial charge in [0.25, 0.3) is 11.7 Å². The predicted octanol–water partition coefficient (Wildman–Crippen LogP) is 2.48. The maximum absolute atomic E-state index is 13.9. The number of carbonyl (C=O) groups excluding carboxylic acids is 1. The SMILES string of the molecule is Cc1nc(C(=O)N2CCc3c(Br)ccc(F)c3C2)no1. The van der Waals surface area contributed by atoms with Gasteiger partial charge in [0.05, 0.1) is 0 Å². The van der Waals surface area contributed by atoms with Crippen LogP contribution in [0.3, 0.4) is 0 Å². The highest BCUT2D eigenvalue weighted by atomic mass is 79.9. The van der Waals surface area contributed by atoms with E-state index in [2.05, 4.69) is 26.1 Å². The lowest BCUT2D eigenvalue weighted by atomic mass is 9.99. The van der Waals surface area contributed by atoms with E-state index < -0.39 is 0 Å². The van der Waals surface area contributed by atoms with Crippen LogP contribution in [0.15, 0.2) is 21.1 Å². The van der Waals surface area contributed by atoms with E-state index in [-0.39, 0.29) is 24.1 Å². The largest absolute Gasteiger partial charge is 0.339 e. The Labute approximate surface area is 122 Å². The van der Waals surface area contributed by atoms with E-state index in [0.29, 0.717) is 24.4 Å². The van der Waals surface area contributed by atoms with Gasteiger partial charge in [-0.25, -0.2) is 4.39 Å². The van der Waals surface area contributed by atoms with Crippen LogP contribution < -0.4 is 0 Å². The second kappa shape index (κ2) is 4.97. The summed E-state index contributed by atoms with van der Waals surface area (Å²) in [5, 5.41) is 3.61. The highest BCUT2D eigenvalue weighted by Gasteiger charge is 2.27. The molecule has 0 unspecified atom stereocenters. The van der Waals surface area contributed by atoms with Gasteiger partial charge in [-0.3, -0.25) is 4.79 Å². The molecule has 0 fully saturated rings. The van der Waals surface area contributed by atoms with Gasteiger partial charge < -0.3 is 9.42 Å². The normalized spacial score (nSPS) is 14.2. The van der Waals surface area contributed by atoms with Crippen molar-refractivity contribution in [2.45, 2.75) is 19.9 Å². The van der Waals surface area contributed by atoms with Crippen LogP contribution in [0, 0.1) is 12.7 Å². The molecule has 3 rings (SSSR count). The second-order valence-electron chi connectivity index (χ2n) is 4.60. The monoisotopic (exact) mass is 339 g/mol. The molecule has 0 saturated heterocycles. The van der Waals surface area contributed by atoms with Crippen LogP contribution in [0.2, 0.25) is 0 Å². The Hall–Kier alpha value is -1.76. The molecule has 1 aromatic heterocycles. The molecule has 2 aromatic rings. The van der Waals surface area contributed by atoms with Crippen molar-refractivity contribution in [1.82, 2.24) is 15.0 Å². The van der Waals surface area contributed by atoms with Crippen LogP contribution in [-0.4, -0.2) is 27.5 Å². The third-order valence-corrected chi connectivity index (χ3v) is 4.05. The molecule has 0 saturated carbocycles. The van der Waals surface area contributed by atoms with Crippen LogP contribution >= 0.6 is 15.9 Å². The molecule has 104 valence electrons. The highest BCUT2D eigenvalue weighted by molar-refractivity contribution is 9.10. The Morgan fingerprint density at radius 1 is 1.45 bits per heavy atom. The third-order valence-electron chi connectivity index (χ3n) is 3.30. The van der Waals surface area contributed by atoms with Gasteiger partial charge in [0.2, 0.25) is 5.89 Å². The number of hydrogen-bond donors (Lipinski definition) is 0. The van der Waals surface area contributed by atoms with Gasteiger partial charge in [-0.05, 0) is 24.1 Å². The molecule has 7 heteroatoms. The number of halogens is 2. The van der Waals surface area contributed by atoms with Gasteiger partial charge >= 0.3 is 0 Å². The molecule has 1 aliphatic heterocycles. The molecule has 0 radical (unpaired) electrons. The number of aryl methyl sites for hydroxylation is 1. The molecule has 5 nitrogen and oxygen atoms in total. The van der Waals surface area contributed by atoms with Crippen molar-refractivity contribution in [3.05, 3.63) is 45.3 Å². The van der Waals surface area contributed by atoms with E-state index in [4.69, 9.17) is 4.52 Å². The first-order chi connectivity index (χ1) is 9.56. The van der Waals surface area contributed by atoms with Gasteiger partial charge in [0.1, 0.15) is 5.82 Å². The smallest absolute Gasteiger partial charge is 0.295 e. The van der Waals surface area contributed by atoms with E-state index in [9.17, 15) is 9.18 Å². The number of nitrogens with zero attached hydrogens (tertiary/aromatic N) is 3. The van der Waals surface area contributed by atoms with Gasteiger partial charge in [-0.15, -0.1) is 0 Å². The first kappa shape index (κ1) is 13.2. The lowest BCUT2D eigenvalue weighted by Gasteiger charge is -2.28. The summed E-state index contributed by atoms with van der Waals surface area (Å²) in [4.78, 5) is 17.7. The summed E-state index contributed by atoms with van der Waals surface area (Å²) < 4.78 is 19.6. The molecule has 0 atom stereocenters. The summed E-state index contributed by atoms with van der Waals surface area (Å²) in [5.74, 6) is -0.294. The fourth-order valence-corrected chi connectivity index (χ4v) is 2.86. The minimum atomic E-state index is -0.341. The zero-order chi connectivity index (χ0) is 14.3. The van der Waals surface area contributed by atoms with Crippen molar-refractivity contribution in [1.29, 1.82) is 0 Å². The Kier molecular flexibility index (Phi) is 3.29. The third kappa shape index (κ3) is 2.22. The zero-order valence-corrected chi connectivity index (χ0v) is 12.3. The average molecular weight is 340 g/mol. The molecule has 0 N–H and O–H groups in total. The maximum atomic E-state index is 13.9. The standard InChI is InChI=1S/C13H11BrFN3O2/c1-7-16-12(17-20-7)13(19)18-5-4-8-9(6-18)11(15)3-2-10(8)14/h2-3H,4-6H2,1H3. The Morgan fingerprint density at radius 2 is 2.25 bits per heavy atom. The van der Waals surface area contributed by atoms with Crippen LogP contribution in [0.25, 0.3) is 0 Å². The predicted molar refractivity (Wildman–Crippen MR) is 71.6 cm³/mol. The fraction of sp³-hybridized carbons (Fsp3) is 0.308. The second-order valence-corrected chi connectivity index (χ2v) is 5.45. The number of rotatable bonds is 1. The molecular weight excluding hydrogens is 329 g/mol. The van der Waals surface area contributed by atoms with E-state index >= 15 is 0 Å². The molecule has 0 aliphatic carbocycles. The van der Waals surface area contributed by atoms with Gasteiger partial charge in [0, 0.05) is 30.0 Å². The number of carbonyl (C=O) groups is 1. The summed E-state index contributed by atoms with van der Waals surface area (Å²) in [5.41, 5.74) is 1.46. The quantitative estimate of drug-likeness (QED) is 0.800. The van der Waals surface area contributed by atoms with Gasteiger partial charge in [-0.2, -0.15) is 4.98 Å². The summed E-state index contributed by atoms with van der Waals surface area (Å²) >= 11 is 3.41.